The number of nitro groups is 1. The molecule has 28 heavy (non-hydrogen) atoms. The number of anilines is 1. The van der Waals surface area contributed by atoms with Crippen molar-refractivity contribution in [2.45, 2.75) is 45.7 Å². The Balaban J connectivity index is 1.88. The molecule has 1 unspecified atom stereocenters. The van der Waals surface area contributed by atoms with Gasteiger partial charge in [-0.3, -0.25) is 24.6 Å². The highest BCUT2D eigenvalue weighted by molar-refractivity contribution is 6.07. The molecule has 9 nitrogen and oxygen atoms in total. The second-order valence-corrected chi connectivity index (χ2v) is 6.82. The normalized spacial score (nSPS) is 16.7. The van der Waals surface area contributed by atoms with Gasteiger partial charge in [-0.05, 0) is 32.4 Å². The molecule has 0 radical (unpaired) electrons. The molecule has 2 amide bonds. The molecule has 0 bridgehead atoms. The van der Waals surface area contributed by atoms with Crippen LogP contribution in [-0.2, 0) is 16.0 Å². The van der Waals surface area contributed by atoms with Gasteiger partial charge in [0.1, 0.15) is 11.9 Å². The Kier molecular flexibility index (Phi) is 5.34. The summed E-state index contributed by atoms with van der Waals surface area (Å²) in [5, 5.41) is 13.9. The van der Waals surface area contributed by atoms with Crippen molar-refractivity contribution in [3.05, 3.63) is 46.1 Å². The predicted octanol–water partition coefficient (Wildman–Crippen LogP) is 2.56. The molecular formula is C19H21N5O4. The molecule has 0 spiro atoms. The number of hydrogen-bond donors (Lipinski definition) is 1. The van der Waals surface area contributed by atoms with Crippen molar-refractivity contribution in [1.82, 2.24) is 14.9 Å². The van der Waals surface area contributed by atoms with Gasteiger partial charge in [0.25, 0.3) is 11.6 Å². The molecule has 1 aliphatic rings. The molecule has 1 aromatic heterocycles. The van der Waals surface area contributed by atoms with Gasteiger partial charge in [0.15, 0.2) is 5.82 Å². The first-order chi connectivity index (χ1) is 13.3. The number of likely N-dealkylation sites (tertiary alicyclic amines) is 1. The average Bonchev–Trinajstić information content (AvgIpc) is 2.94. The molecule has 1 fully saturated rings. The second kappa shape index (κ2) is 7.71. The first-order valence-electron chi connectivity index (χ1n) is 9.05. The molecule has 0 aliphatic carbocycles. The fraction of sp³-hybridized carbons (Fsp3) is 0.368. The zero-order valence-electron chi connectivity index (χ0n) is 15.9. The van der Waals surface area contributed by atoms with Crippen LogP contribution in [0.2, 0.25) is 0 Å². The van der Waals surface area contributed by atoms with Crippen molar-refractivity contribution in [3.63, 3.8) is 0 Å². The summed E-state index contributed by atoms with van der Waals surface area (Å²) in [6, 6.07) is 6.83. The Morgan fingerprint density at radius 2 is 1.93 bits per heavy atom. The predicted molar refractivity (Wildman–Crippen MR) is 103 cm³/mol. The Hall–Kier alpha value is -3.36. The number of non-ortho nitro benzene ring substituents is 1. The number of aromatic nitrogens is 2. The lowest BCUT2D eigenvalue weighted by Gasteiger charge is -2.19. The Labute approximate surface area is 161 Å². The van der Waals surface area contributed by atoms with E-state index < -0.39 is 11.0 Å². The summed E-state index contributed by atoms with van der Waals surface area (Å²) in [6.07, 6.45) is 0.724. The number of amides is 2. The van der Waals surface area contributed by atoms with Gasteiger partial charge in [-0.1, -0.05) is 6.92 Å². The molecular weight excluding hydrogens is 362 g/mol. The van der Waals surface area contributed by atoms with E-state index in [2.05, 4.69) is 15.3 Å². The monoisotopic (exact) mass is 383 g/mol. The van der Waals surface area contributed by atoms with Crippen LogP contribution in [-0.4, -0.2) is 43.7 Å². The number of benzene rings is 1. The van der Waals surface area contributed by atoms with Gasteiger partial charge in [-0.15, -0.1) is 0 Å². The number of imide groups is 1. The van der Waals surface area contributed by atoms with Gasteiger partial charge in [-0.2, -0.15) is 0 Å². The van der Waals surface area contributed by atoms with Gasteiger partial charge in [0, 0.05) is 35.5 Å². The molecule has 3 rings (SSSR count). The number of carbonyl (C=O) groups excluding carboxylic acids is 2. The third kappa shape index (κ3) is 3.83. The lowest BCUT2D eigenvalue weighted by atomic mass is 10.2. The van der Waals surface area contributed by atoms with E-state index in [1.165, 1.54) is 17.0 Å². The van der Waals surface area contributed by atoms with Gasteiger partial charge in [0.2, 0.25) is 5.91 Å². The lowest BCUT2D eigenvalue weighted by Crippen LogP contribution is -2.39. The molecule has 0 saturated carbocycles. The third-order valence-electron chi connectivity index (χ3n) is 4.50. The van der Waals surface area contributed by atoms with Crippen molar-refractivity contribution in [2.75, 3.05) is 5.32 Å². The maximum Gasteiger partial charge on any atom is 0.269 e. The summed E-state index contributed by atoms with van der Waals surface area (Å²) in [5.41, 5.74) is 1.36. The minimum Gasteiger partial charge on any atom is -0.358 e. The molecule has 1 N–H and O–H groups in total. The van der Waals surface area contributed by atoms with E-state index in [-0.39, 0.29) is 30.0 Å². The largest absolute Gasteiger partial charge is 0.358 e. The van der Waals surface area contributed by atoms with Crippen LogP contribution >= 0.6 is 0 Å². The van der Waals surface area contributed by atoms with Crippen LogP contribution in [0.1, 0.15) is 32.9 Å². The molecule has 1 atom stereocenters. The quantitative estimate of drug-likeness (QED) is 0.462. The fourth-order valence-corrected chi connectivity index (χ4v) is 3.10. The van der Waals surface area contributed by atoms with E-state index in [9.17, 15) is 19.7 Å². The van der Waals surface area contributed by atoms with Crippen LogP contribution < -0.4 is 5.32 Å². The number of nitrogens with one attached hydrogen (secondary N) is 1. The molecule has 1 aliphatic heterocycles. The maximum atomic E-state index is 12.5. The van der Waals surface area contributed by atoms with Crippen molar-refractivity contribution in [3.8, 4) is 11.4 Å². The third-order valence-corrected chi connectivity index (χ3v) is 4.50. The van der Waals surface area contributed by atoms with Crippen LogP contribution in [0.4, 0.5) is 11.5 Å². The number of rotatable bonds is 6. The van der Waals surface area contributed by atoms with Crippen LogP contribution in [0.25, 0.3) is 11.4 Å². The van der Waals surface area contributed by atoms with Gasteiger partial charge in [0.05, 0.1) is 11.3 Å². The Morgan fingerprint density at radius 1 is 1.25 bits per heavy atom. The zero-order chi connectivity index (χ0) is 20.4. The van der Waals surface area contributed by atoms with Gasteiger partial charge in [-0.25, -0.2) is 9.97 Å². The van der Waals surface area contributed by atoms with Crippen molar-refractivity contribution >= 4 is 23.3 Å². The van der Waals surface area contributed by atoms with E-state index in [0.717, 1.165) is 5.69 Å². The Morgan fingerprint density at radius 3 is 2.46 bits per heavy atom. The van der Waals surface area contributed by atoms with Crippen molar-refractivity contribution in [2.24, 2.45) is 0 Å². The van der Waals surface area contributed by atoms with Crippen LogP contribution in [0.15, 0.2) is 30.3 Å². The number of aryl methyl sites for hydroxylation is 1. The van der Waals surface area contributed by atoms with E-state index in [4.69, 9.17) is 0 Å². The van der Waals surface area contributed by atoms with Crippen LogP contribution in [0.3, 0.4) is 0 Å². The highest BCUT2D eigenvalue weighted by Crippen LogP contribution is 2.24. The summed E-state index contributed by atoms with van der Waals surface area (Å²) >= 11 is 0. The molecule has 1 saturated heterocycles. The summed E-state index contributed by atoms with van der Waals surface area (Å²) in [4.78, 5) is 45.1. The number of carbonyl (C=O) groups is 2. The standard InChI is InChI=1S/C19H21N5O4/c1-4-13-9-16(21-15-10-17(25)23(11(2)3)19(15)26)22-18(20-13)12-5-7-14(8-6-12)24(27)28/h5-9,11,15H,4,10H2,1-3H3,(H,20,21,22). The van der Waals surface area contributed by atoms with Crippen molar-refractivity contribution in [1.29, 1.82) is 0 Å². The summed E-state index contributed by atoms with van der Waals surface area (Å²) < 4.78 is 0. The molecule has 9 heteroatoms. The summed E-state index contributed by atoms with van der Waals surface area (Å²) in [5.74, 6) is 0.359. The number of hydrogen-bond acceptors (Lipinski definition) is 7. The smallest absolute Gasteiger partial charge is 0.269 e. The van der Waals surface area contributed by atoms with Crippen molar-refractivity contribution < 1.29 is 14.5 Å². The summed E-state index contributed by atoms with van der Waals surface area (Å²) in [7, 11) is 0. The van der Waals surface area contributed by atoms with Gasteiger partial charge < -0.3 is 5.32 Å². The minimum atomic E-state index is -0.667. The SMILES string of the molecule is CCc1cc(NC2CC(=O)N(C(C)C)C2=O)nc(-c2ccc([N+](=O)[O-])cc2)n1. The highest BCUT2D eigenvalue weighted by Gasteiger charge is 2.40. The summed E-state index contributed by atoms with van der Waals surface area (Å²) in [6.45, 7) is 5.53. The molecule has 2 heterocycles. The van der Waals surface area contributed by atoms with Gasteiger partial charge >= 0.3 is 0 Å². The lowest BCUT2D eigenvalue weighted by molar-refractivity contribution is -0.384. The molecule has 2 aromatic rings. The van der Waals surface area contributed by atoms with E-state index in [1.54, 1.807) is 32.0 Å². The first-order valence-corrected chi connectivity index (χ1v) is 9.05. The van der Waals surface area contributed by atoms with E-state index in [0.29, 0.717) is 23.6 Å². The topological polar surface area (TPSA) is 118 Å². The average molecular weight is 383 g/mol. The number of nitrogens with zero attached hydrogens (tertiary/aromatic N) is 4. The fourth-order valence-electron chi connectivity index (χ4n) is 3.10. The van der Waals surface area contributed by atoms with E-state index >= 15 is 0 Å². The second-order valence-electron chi connectivity index (χ2n) is 6.82. The number of nitro benzene ring substituents is 1. The highest BCUT2D eigenvalue weighted by atomic mass is 16.6. The van der Waals surface area contributed by atoms with Crippen LogP contribution in [0, 0.1) is 10.1 Å². The minimum absolute atomic E-state index is 0.0161. The first kappa shape index (κ1) is 19.4. The molecule has 146 valence electrons. The Bertz CT molecular complexity index is 926. The molecule has 1 aromatic carbocycles. The van der Waals surface area contributed by atoms with Crippen LogP contribution in [0.5, 0.6) is 0 Å². The van der Waals surface area contributed by atoms with E-state index in [1.807, 2.05) is 6.92 Å². The maximum absolute atomic E-state index is 12.5. The zero-order valence-corrected chi connectivity index (χ0v) is 15.9.